The lowest BCUT2D eigenvalue weighted by Gasteiger charge is -2.36. The Morgan fingerprint density at radius 2 is 1.61 bits per heavy atom. The summed E-state index contributed by atoms with van der Waals surface area (Å²) in [5.74, 6) is -0.424. The number of hydrogen-bond acceptors (Lipinski definition) is 4. The van der Waals surface area contributed by atoms with Gasteiger partial charge in [-0.05, 0) is 43.3 Å². The molecule has 1 aliphatic rings. The van der Waals surface area contributed by atoms with E-state index < -0.39 is 0 Å². The predicted molar refractivity (Wildman–Crippen MR) is 151 cm³/mol. The van der Waals surface area contributed by atoms with Crippen LogP contribution in [0.2, 0.25) is 0 Å². The first-order chi connectivity index (χ1) is 18.5. The van der Waals surface area contributed by atoms with E-state index in [0.717, 1.165) is 33.4 Å². The number of fused-ring (bicyclic) bond motifs is 1. The minimum absolute atomic E-state index is 0.0881. The molecule has 3 aromatic carbocycles. The maximum absolute atomic E-state index is 13.3. The number of piperazine rings is 1. The van der Waals surface area contributed by atoms with E-state index in [1.807, 2.05) is 84.4 Å². The number of hydrogen-bond donors (Lipinski definition) is 1. The Bertz CT molecular complexity index is 1520. The summed E-state index contributed by atoms with van der Waals surface area (Å²) in [6.07, 6.45) is 3.47. The van der Waals surface area contributed by atoms with Crippen LogP contribution in [-0.2, 0) is 16.1 Å². The van der Waals surface area contributed by atoms with E-state index in [2.05, 4.69) is 28.4 Å². The van der Waals surface area contributed by atoms with E-state index in [1.165, 1.54) is 0 Å². The fourth-order valence-electron chi connectivity index (χ4n) is 4.79. The van der Waals surface area contributed by atoms with Gasteiger partial charge >= 0.3 is 0 Å². The van der Waals surface area contributed by atoms with Gasteiger partial charge < -0.3 is 19.7 Å². The van der Waals surface area contributed by atoms with E-state index in [-0.39, 0.29) is 23.9 Å². The van der Waals surface area contributed by atoms with Crippen molar-refractivity contribution in [1.82, 2.24) is 9.47 Å². The fourth-order valence-corrected chi connectivity index (χ4v) is 4.79. The van der Waals surface area contributed by atoms with Crippen molar-refractivity contribution in [2.75, 3.05) is 36.4 Å². The van der Waals surface area contributed by atoms with Crippen molar-refractivity contribution in [3.05, 3.63) is 102 Å². The van der Waals surface area contributed by atoms with Crippen LogP contribution < -0.4 is 10.2 Å². The topological polar surface area (TPSA) is 81.4 Å². The molecule has 0 atom stereocenters. The molecule has 1 N–H and O–H groups in total. The molecule has 1 saturated heterocycles. The maximum atomic E-state index is 13.3. The summed E-state index contributed by atoms with van der Waals surface area (Å²) in [6.45, 7) is 4.63. The highest BCUT2D eigenvalue weighted by atomic mass is 16.2. The first-order valence-corrected chi connectivity index (χ1v) is 12.7. The smallest absolute Gasteiger partial charge is 0.264 e. The van der Waals surface area contributed by atoms with Gasteiger partial charge in [0, 0.05) is 60.2 Å². The first kappa shape index (κ1) is 24.8. The van der Waals surface area contributed by atoms with Crippen LogP contribution in [0.1, 0.15) is 11.1 Å². The molecule has 7 nitrogen and oxygen atoms in total. The summed E-state index contributed by atoms with van der Waals surface area (Å²) >= 11 is 0. The zero-order valence-corrected chi connectivity index (χ0v) is 21.3. The molecule has 38 heavy (non-hydrogen) atoms. The number of carbonyl (C=O) groups excluding carboxylic acids is 2. The third-order valence-electron chi connectivity index (χ3n) is 6.81. The van der Waals surface area contributed by atoms with E-state index >= 15 is 0 Å². The summed E-state index contributed by atoms with van der Waals surface area (Å²) in [5.41, 5.74) is 4.68. The van der Waals surface area contributed by atoms with Gasteiger partial charge in [-0.25, -0.2) is 0 Å². The number of amides is 2. The second-order valence-electron chi connectivity index (χ2n) is 9.43. The molecule has 0 saturated carbocycles. The molecule has 0 aliphatic carbocycles. The number of para-hydroxylation sites is 2. The highest BCUT2D eigenvalue weighted by molar-refractivity contribution is 6.04. The van der Waals surface area contributed by atoms with Crippen molar-refractivity contribution in [2.24, 2.45) is 0 Å². The minimum Gasteiger partial charge on any atom is -0.368 e. The Morgan fingerprint density at radius 1 is 0.921 bits per heavy atom. The van der Waals surface area contributed by atoms with E-state index in [1.54, 1.807) is 11.0 Å². The number of benzene rings is 3. The number of carbonyl (C=O) groups is 2. The molecule has 0 bridgehead atoms. The van der Waals surface area contributed by atoms with Crippen LogP contribution in [0, 0.1) is 18.3 Å². The van der Waals surface area contributed by atoms with Crippen LogP contribution in [0.25, 0.3) is 17.0 Å². The van der Waals surface area contributed by atoms with Crippen LogP contribution in [0.15, 0.2) is 90.6 Å². The van der Waals surface area contributed by atoms with E-state index in [4.69, 9.17) is 0 Å². The molecule has 1 fully saturated rings. The second-order valence-corrected chi connectivity index (χ2v) is 9.43. The fraction of sp³-hybridized carbons (Fsp3) is 0.194. The zero-order chi connectivity index (χ0) is 26.5. The average Bonchev–Trinajstić information content (AvgIpc) is 3.30. The number of rotatable bonds is 6. The monoisotopic (exact) mass is 503 g/mol. The van der Waals surface area contributed by atoms with Crippen molar-refractivity contribution in [2.45, 2.75) is 13.5 Å². The number of nitrogens with zero attached hydrogens (tertiary/aromatic N) is 4. The summed E-state index contributed by atoms with van der Waals surface area (Å²) in [7, 11) is 0. The number of nitriles is 1. The molecule has 2 heterocycles. The zero-order valence-electron chi connectivity index (χ0n) is 21.3. The van der Waals surface area contributed by atoms with E-state index in [0.29, 0.717) is 26.2 Å². The van der Waals surface area contributed by atoms with Gasteiger partial charge in [0.25, 0.3) is 5.91 Å². The van der Waals surface area contributed by atoms with E-state index in [9.17, 15) is 14.9 Å². The van der Waals surface area contributed by atoms with Crippen molar-refractivity contribution in [3.8, 4) is 6.07 Å². The van der Waals surface area contributed by atoms with Gasteiger partial charge in [0.15, 0.2) is 0 Å². The number of aromatic nitrogens is 1. The van der Waals surface area contributed by atoms with Crippen LogP contribution in [0.5, 0.6) is 0 Å². The molecule has 0 unspecified atom stereocenters. The van der Waals surface area contributed by atoms with Gasteiger partial charge in [-0.1, -0.05) is 54.1 Å². The Hall–Kier alpha value is -4.83. The highest BCUT2D eigenvalue weighted by Crippen LogP contribution is 2.25. The Morgan fingerprint density at radius 3 is 2.32 bits per heavy atom. The third kappa shape index (κ3) is 5.45. The maximum Gasteiger partial charge on any atom is 0.264 e. The molecule has 7 heteroatoms. The molecule has 5 rings (SSSR count). The normalized spacial score (nSPS) is 13.8. The van der Waals surface area contributed by atoms with Gasteiger partial charge in [-0.3, -0.25) is 9.59 Å². The predicted octanol–water partition coefficient (Wildman–Crippen LogP) is 4.84. The van der Waals surface area contributed by atoms with Crippen molar-refractivity contribution >= 4 is 40.2 Å². The first-order valence-electron chi connectivity index (χ1n) is 12.7. The van der Waals surface area contributed by atoms with Crippen LogP contribution in [0.4, 0.5) is 11.4 Å². The average molecular weight is 504 g/mol. The minimum atomic E-state index is -0.269. The second kappa shape index (κ2) is 11.1. The molecule has 2 amide bonds. The molecule has 0 spiro atoms. The van der Waals surface area contributed by atoms with Crippen LogP contribution in [0.3, 0.4) is 0 Å². The lowest BCUT2D eigenvalue weighted by atomic mass is 10.1. The molecular formula is C31H29N5O2. The van der Waals surface area contributed by atoms with Crippen molar-refractivity contribution in [1.29, 1.82) is 5.26 Å². The molecule has 4 aromatic rings. The molecule has 1 aliphatic heterocycles. The van der Waals surface area contributed by atoms with Gasteiger partial charge in [-0.15, -0.1) is 0 Å². The summed E-state index contributed by atoms with van der Waals surface area (Å²) in [4.78, 5) is 30.0. The van der Waals surface area contributed by atoms with Gasteiger partial charge in [0.1, 0.15) is 18.2 Å². The lowest BCUT2D eigenvalue weighted by Crippen LogP contribution is -2.49. The molecular weight excluding hydrogens is 474 g/mol. The lowest BCUT2D eigenvalue weighted by molar-refractivity contribution is -0.127. The third-order valence-corrected chi connectivity index (χ3v) is 6.81. The van der Waals surface area contributed by atoms with Gasteiger partial charge in [-0.2, -0.15) is 5.26 Å². The van der Waals surface area contributed by atoms with Crippen molar-refractivity contribution < 1.29 is 9.59 Å². The molecule has 1 aromatic heterocycles. The Kier molecular flexibility index (Phi) is 7.23. The Labute approximate surface area is 222 Å². The SMILES string of the molecule is Cc1ccc(NC(=O)Cn2cc(/C=C(/C#N)C(=O)N3CCN(c4ccccc4)CC3)c3ccccc32)cc1. The summed E-state index contributed by atoms with van der Waals surface area (Å²) < 4.78 is 1.85. The van der Waals surface area contributed by atoms with Gasteiger partial charge in [0.05, 0.1) is 0 Å². The molecule has 0 radical (unpaired) electrons. The van der Waals surface area contributed by atoms with Crippen LogP contribution >= 0.6 is 0 Å². The standard InChI is InChI=1S/C31H29N5O2/c1-23-11-13-26(14-12-23)33-30(37)22-36-21-25(28-9-5-6-10-29(28)36)19-24(20-32)31(38)35-17-15-34(16-18-35)27-7-3-2-4-8-27/h2-14,19,21H,15-18,22H2,1H3,(H,33,37)/b24-19-. The largest absolute Gasteiger partial charge is 0.368 e. The highest BCUT2D eigenvalue weighted by Gasteiger charge is 2.24. The van der Waals surface area contributed by atoms with Crippen LogP contribution in [-0.4, -0.2) is 47.5 Å². The Balaban J connectivity index is 1.33. The number of nitrogens with one attached hydrogen (secondary N) is 1. The van der Waals surface area contributed by atoms with Crippen molar-refractivity contribution in [3.63, 3.8) is 0 Å². The quantitative estimate of drug-likeness (QED) is 0.301. The number of aryl methyl sites for hydroxylation is 1. The number of anilines is 2. The van der Waals surface area contributed by atoms with Gasteiger partial charge in [0.2, 0.25) is 5.91 Å². The molecule has 190 valence electrons. The summed E-state index contributed by atoms with van der Waals surface area (Å²) in [6, 6.07) is 27.6. The summed E-state index contributed by atoms with van der Waals surface area (Å²) in [5, 5.41) is 13.7.